The van der Waals surface area contributed by atoms with Crippen molar-refractivity contribution >= 4 is 22.9 Å². The molecule has 0 bridgehead atoms. The molecule has 9 nitrogen and oxygen atoms in total. The Morgan fingerprint density at radius 3 is 2.65 bits per heavy atom. The second-order valence-corrected chi connectivity index (χ2v) is 7.73. The number of hydrogen-bond acceptors (Lipinski definition) is 8. The fraction of sp³-hybridized carbons (Fsp3) is 0.364. The van der Waals surface area contributed by atoms with Gasteiger partial charge >= 0.3 is 0 Å². The van der Waals surface area contributed by atoms with Crippen molar-refractivity contribution in [1.82, 2.24) is 9.55 Å². The molecule has 31 heavy (non-hydrogen) atoms. The van der Waals surface area contributed by atoms with Crippen molar-refractivity contribution in [1.29, 1.82) is 0 Å². The third-order valence-corrected chi connectivity index (χ3v) is 5.15. The Morgan fingerprint density at radius 1 is 1.13 bits per heavy atom. The van der Waals surface area contributed by atoms with Crippen molar-refractivity contribution in [2.75, 3.05) is 25.6 Å². The summed E-state index contributed by atoms with van der Waals surface area (Å²) >= 11 is 0. The highest BCUT2D eigenvalue weighted by atomic mass is 16.5. The lowest BCUT2D eigenvalue weighted by atomic mass is 10.1. The summed E-state index contributed by atoms with van der Waals surface area (Å²) in [5.41, 5.74) is 8.62. The van der Waals surface area contributed by atoms with E-state index in [9.17, 15) is 0 Å². The van der Waals surface area contributed by atoms with Crippen molar-refractivity contribution in [3.05, 3.63) is 35.9 Å². The molecule has 0 aliphatic carbocycles. The molecular weight excluding hydrogens is 398 g/mol. The molecule has 0 radical (unpaired) electrons. The number of ether oxygens (including phenoxy) is 4. The molecule has 1 unspecified atom stereocenters. The number of aliphatic imine (C=N–C) groups is 1. The van der Waals surface area contributed by atoms with Crippen LogP contribution in [-0.2, 0) is 0 Å². The molecule has 2 aromatic carbocycles. The fourth-order valence-electron chi connectivity index (χ4n) is 3.84. The highest BCUT2D eigenvalue weighted by Gasteiger charge is 2.27. The molecule has 0 saturated heterocycles. The maximum Gasteiger partial charge on any atom is 0.212 e. The van der Waals surface area contributed by atoms with Gasteiger partial charge in [-0.3, -0.25) is 9.88 Å². The number of nitrogens with two attached hydrogens (primary N) is 1. The van der Waals surface area contributed by atoms with E-state index >= 15 is 0 Å². The number of anilines is 1. The van der Waals surface area contributed by atoms with Gasteiger partial charge in [0.25, 0.3) is 0 Å². The third kappa shape index (κ3) is 3.45. The lowest BCUT2D eigenvalue weighted by Crippen LogP contribution is -2.31. The van der Waals surface area contributed by atoms with Crippen LogP contribution in [-0.4, -0.2) is 41.9 Å². The monoisotopic (exact) mass is 423 g/mol. The van der Waals surface area contributed by atoms with Crippen LogP contribution in [0.25, 0.3) is 11.0 Å². The van der Waals surface area contributed by atoms with E-state index in [1.54, 1.807) is 7.11 Å². The molecule has 0 amide bonds. The number of guanidine groups is 1. The summed E-state index contributed by atoms with van der Waals surface area (Å²) in [5, 5.41) is 3.06. The minimum absolute atomic E-state index is 0.0361. The summed E-state index contributed by atoms with van der Waals surface area (Å²) in [6.45, 7) is 5.18. The Bertz CT molecular complexity index is 1170. The van der Waals surface area contributed by atoms with Crippen molar-refractivity contribution in [2.24, 2.45) is 10.7 Å². The number of rotatable bonds is 4. The average Bonchev–Trinajstić information content (AvgIpc) is 2.92. The molecule has 0 spiro atoms. The van der Waals surface area contributed by atoms with Gasteiger partial charge in [-0.2, -0.15) is 0 Å². The normalized spacial score (nSPS) is 17.5. The quantitative estimate of drug-likeness (QED) is 0.663. The molecule has 3 N–H and O–H groups in total. The van der Waals surface area contributed by atoms with Gasteiger partial charge in [0.15, 0.2) is 35.1 Å². The number of nitrogens with zero attached hydrogens (tertiary/aromatic N) is 3. The summed E-state index contributed by atoms with van der Waals surface area (Å²) < 4.78 is 25.1. The standard InChI is InChI=1S/C22H25N5O4/c1-12(2)31-16-6-5-13(9-17(16)28-3)20-25-21(23)26-22-24-14-10-18-19(11-15(14)27(20)22)30-8-4-7-29-18/h5-6,9-12,20H,4,7-8H2,1-3H3,(H3,23,24,25,26). The Morgan fingerprint density at radius 2 is 1.90 bits per heavy atom. The summed E-state index contributed by atoms with van der Waals surface area (Å²) in [5.74, 6) is 3.61. The number of fused-ring (bicyclic) bond motifs is 4. The molecule has 3 heterocycles. The zero-order valence-corrected chi connectivity index (χ0v) is 17.7. The highest BCUT2D eigenvalue weighted by Crippen LogP contribution is 2.40. The summed E-state index contributed by atoms with van der Waals surface area (Å²) in [4.78, 5) is 9.37. The SMILES string of the molecule is COc1cc(C2N=C(N)Nc3nc4cc5c(cc4n32)OCCCO5)ccc1OC(C)C. The topological polar surface area (TPSA) is 105 Å². The first kappa shape index (κ1) is 19.3. The Labute approximate surface area is 179 Å². The predicted octanol–water partition coefficient (Wildman–Crippen LogP) is 3.28. The van der Waals surface area contributed by atoms with Gasteiger partial charge in [-0.1, -0.05) is 6.07 Å². The van der Waals surface area contributed by atoms with E-state index in [1.807, 2.05) is 48.7 Å². The van der Waals surface area contributed by atoms with E-state index in [2.05, 4.69) is 10.3 Å². The van der Waals surface area contributed by atoms with E-state index in [-0.39, 0.29) is 6.10 Å². The van der Waals surface area contributed by atoms with Crippen LogP contribution in [0.2, 0.25) is 0 Å². The van der Waals surface area contributed by atoms with Crippen LogP contribution in [0.15, 0.2) is 35.3 Å². The minimum atomic E-state index is -0.423. The highest BCUT2D eigenvalue weighted by molar-refractivity contribution is 5.95. The number of imidazole rings is 1. The lowest BCUT2D eigenvalue weighted by Gasteiger charge is -2.25. The van der Waals surface area contributed by atoms with Gasteiger partial charge in [-0.25, -0.2) is 9.98 Å². The molecule has 1 atom stereocenters. The zero-order valence-electron chi connectivity index (χ0n) is 17.7. The largest absolute Gasteiger partial charge is 0.493 e. The smallest absolute Gasteiger partial charge is 0.212 e. The summed E-state index contributed by atoms with van der Waals surface area (Å²) in [6, 6.07) is 9.63. The van der Waals surface area contributed by atoms with E-state index in [0.29, 0.717) is 48.1 Å². The molecule has 9 heteroatoms. The van der Waals surface area contributed by atoms with Crippen molar-refractivity contribution in [2.45, 2.75) is 32.5 Å². The van der Waals surface area contributed by atoms with Gasteiger partial charge in [-0.05, 0) is 26.0 Å². The number of aromatic nitrogens is 2. The van der Waals surface area contributed by atoms with Gasteiger partial charge < -0.3 is 24.7 Å². The molecule has 1 aromatic heterocycles. The Kier molecular flexibility index (Phi) is 4.72. The Hall–Kier alpha value is -3.62. The van der Waals surface area contributed by atoms with Crippen LogP contribution in [0.3, 0.4) is 0 Å². The first-order valence-electron chi connectivity index (χ1n) is 10.3. The second-order valence-electron chi connectivity index (χ2n) is 7.73. The number of benzene rings is 2. The molecule has 0 saturated carbocycles. The van der Waals surface area contributed by atoms with Gasteiger partial charge in [0.1, 0.15) is 0 Å². The van der Waals surface area contributed by atoms with Gasteiger partial charge in [0.2, 0.25) is 5.95 Å². The molecule has 0 fully saturated rings. The first-order chi connectivity index (χ1) is 15.0. The second kappa shape index (κ2) is 7.57. The summed E-state index contributed by atoms with van der Waals surface area (Å²) in [6.07, 6.45) is 0.453. The number of hydrogen-bond donors (Lipinski definition) is 2. The first-order valence-corrected chi connectivity index (χ1v) is 10.3. The van der Waals surface area contributed by atoms with Crippen LogP contribution in [0, 0.1) is 0 Å². The predicted molar refractivity (Wildman–Crippen MR) is 117 cm³/mol. The summed E-state index contributed by atoms with van der Waals surface area (Å²) in [7, 11) is 1.62. The van der Waals surface area contributed by atoms with Gasteiger partial charge in [-0.15, -0.1) is 0 Å². The van der Waals surface area contributed by atoms with E-state index in [1.165, 1.54) is 0 Å². The van der Waals surface area contributed by atoms with E-state index in [4.69, 9.17) is 29.7 Å². The van der Waals surface area contributed by atoms with Gasteiger partial charge in [0, 0.05) is 24.1 Å². The molecule has 2 aliphatic rings. The minimum Gasteiger partial charge on any atom is -0.493 e. The van der Waals surface area contributed by atoms with Crippen LogP contribution >= 0.6 is 0 Å². The fourth-order valence-corrected chi connectivity index (χ4v) is 3.84. The zero-order chi connectivity index (χ0) is 21.5. The third-order valence-electron chi connectivity index (χ3n) is 5.15. The van der Waals surface area contributed by atoms with Crippen LogP contribution in [0.5, 0.6) is 23.0 Å². The van der Waals surface area contributed by atoms with Crippen molar-refractivity contribution < 1.29 is 18.9 Å². The Balaban J connectivity index is 1.63. The molecule has 2 aliphatic heterocycles. The molecule has 5 rings (SSSR count). The maximum absolute atomic E-state index is 6.09. The molecule has 162 valence electrons. The van der Waals surface area contributed by atoms with Crippen LogP contribution < -0.4 is 30.0 Å². The lowest BCUT2D eigenvalue weighted by molar-refractivity contribution is 0.230. The number of nitrogens with one attached hydrogen (secondary N) is 1. The van der Waals surface area contributed by atoms with Gasteiger partial charge in [0.05, 0.1) is 37.5 Å². The average molecular weight is 423 g/mol. The van der Waals surface area contributed by atoms with Crippen LogP contribution in [0.1, 0.15) is 32.0 Å². The van der Waals surface area contributed by atoms with E-state index < -0.39 is 6.17 Å². The van der Waals surface area contributed by atoms with Crippen molar-refractivity contribution in [3.63, 3.8) is 0 Å². The molecule has 3 aromatic rings. The van der Waals surface area contributed by atoms with E-state index in [0.717, 1.165) is 23.0 Å². The molecular formula is C22H25N5O4. The maximum atomic E-state index is 6.09. The number of methoxy groups -OCH3 is 1. The van der Waals surface area contributed by atoms with Crippen molar-refractivity contribution in [3.8, 4) is 23.0 Å². The van der Waals surface area contributed by atoms with Crippen LogP contribution in [0.4, 0.5) is 5.95 Å².